The highest BCUT2D eigenvalue weighted by atomic mass is 79.9. The molecule has 2 atom stereocenters. The lowest BCUT2D eigenvalue weighted by Crippen LogP contribution is -2.74. The number of amides is 1. The van der Waals surface area contributed by atoms with Crippen LogP contribution in [-0.2, 0) is 9.53 Å². The predicted octanol–water partition coefficient (Wildman–Crippen LogP) is 3.05. The summed E-state index contributed by atoms with van der Waals surface area (Å²) in [6, 6.07) is 4.85. The van der Waals surface area contributed by atoms with Crippen molar-refractivity contribution in [3.63, 3.8) is 0 Å². The molecule has 1 amide bonds. The van der Waals surface area contributed by atoms with Gasteiger partial charge in [0.1, 0.15) is 11.3 Å². The van der Waals surface area contributed by atoms with Crippen LogP contribution in [0.3, 0.4) is 0 Å². The van der Waals surface area contributed by atoms with Crippen LogP contribution >= 0.6 is 28.3 Å². The molecule has 7 heteroatoms. The third-order valence-corrected chi connectivity index (χ3v) is 4.94. The molecule has 1 fully saturated rings. The molecule has 1 aliphatic rings. The summed E-state index contributed by atoms with van der Waals surface area (Å²) in [5.41, 5.74) is 5.16. The van der Waals surface area contributed by atoms with Gasteiger partial charge in [-0.1, -0.05) is 29.8 Å². The van der Waals surface area contributed by atoms with Crippen LogP contribution in [0, 0.1) is 5.41 Å². The van der Waals surface area contributed by atoms with Crippen molar-refractivity contribution in [1.82, 2.24) is 0 Å². The standard InChI is InChI=1S/C15H21BrN2O3.ClH/c1-4-21-12-8-15(17,14(12,2)3)13(20)18-10-7-9(16)5-6-11(10)19;/h5-7,12,19H,4,8,17H2,1-3H3,(H,18,20);1H. The first-order chi connectivity index (χ1) is 9.72. The first-order valence-corrected chi connectivity index (χ1v) is 7.72. The van der Waals surface area contributed by atoms with Crippen LogP contribution < -0.4 is 11.1 Å². The lowest BCUT2D eigenvalue weighted by atomic mass is 9.54. The minimum Gasteiger partial charge on any atom is -0.506 e. The van der Waals surface area contributed by atoms with Gasteiger partial charge in [0.2, 0.25) is 5.91 Å². The van der Waals surface area contributed by atoms with E-state index in [1.165, 1.54) is 6.07 Å². The Morgan fingerprint density at radius 1 is 1.55 bits per heavy atom. The topological polar surface area (TPSA) is 84.6 Å². The molecule has 0 aliphatic heterocycles. The molecule has 1 saturated carbocycles. The van der Waals surface area contributed by atoms with E-state index in [0.29, 0.717) is 18.7 Å². The van der Waals surface area contributed by atoms with E-state index in [2.05, 4.69) is 21.2 Å². The molecule has 0 heterocycles. The molecular formula is C15H22BrClN2O3. The normalized spacial score (nSPS) is 25.8. The minimum absolute atomic E-state index is 0. The maximum atomic E-state index is 12.5. The summed E-state index contributed by atoms with van der Waals surface area (Å²) in [5.74, 6) is -0.300. The molecule has 1 aliphatic carbocycles. The van der Waals surface area contributed by atoms with E-state index in [0.717, 1.165) is 4.47 Å². The van der Waals surface area contributed by atoms with Crippen molar-refractivity contribution in [2.24, 2.45) is 11.1 Å². The number of carbonyl (C=O) groups is 1. The van der Waals surface area contributed by atoms with Crippen molar-refractivity contribution in [3.8, 4) is 5.75 Å². The fourth-order valence-corrected chi connectivity index (χ4v) is 3.02. The van der Waals surface area contributed by atoms with E-state index >= 15 is 0 Å². The van der Waals surface area contributed by atoms with E-state index in [1.807, 2.05) is 20.8 Å². The fraction of sp³-hybridized carbons (Fsp3) is 0.533. The third-order valence-electron chi connectivity index (χ3n) is 4.44. The van der Waals surface area contributed by atoms with E-state index in [-0.39, 0.29) is 30.2 Å². The number of nitrogens with two attached hydrogens (primary N) is 1. The number of halogens is 2. The lowest BCUT2D eigenvalue weighted by Gasteiger charge is -2.57. The number of anilines is 1. The van der Waals surface area contributed by atoms with Crippen molar-refractivity contribution in [1.29, 1.82) is 0 Å². The van der Waals surface area contributed by atoms with Crippen LogP contribution in [0.1, 0.15) is 27.2 Å². The van der Waals surface area contributed by atoms with Gasteiger partial charge in [0.15, 0.2) is 0 Å². The third kappa shape index (κ3) is 3.11. The molecular weight excluding hydrogens is 372 g/mol. The van der Waals surface area contributed by atoms with Gasteiger partial charge in [-0.3, -0.25) is 4.79 Å². The second kappa shape index (κ2) is 6.74. The monoisotopic (exact) mass is 392 g/mol. The van der Waals surface area contributed by atoms with E-state index in [1.54, 1.807) is 12.1 Å². The maximum absolute atomic E-state index is 12.5. The highest BCUT2D eigenvalue weighted by Crippen LogP contribution is 2.50. The molecule has 1 aromatic rings. The molecule has 5 nitrogen and oxygen atoms in total. The zero-order valence-corrected chi connectivity index (χ0v) is 15.3. The van der Waals surface area contributed by atoms with Gasteiger partial charge in [0.25, 0.3) is 0 Å². The maximum Gasteiger partial charge on any atom is 0.245 e. The van der Waals surface area contributed by atoms with Crippen LogP contribution in [-0.4, -0.2) is 29.3 Å². The summed E-state index contributed by atoms with van der Waals surface area (Å²) in [4.78, 5) is 12.5. The number of nitrogens with one attached hydrogen (secondary N) is 1. The molecule has 4 N–H and O–H groups in total. The van der Waals surface area contributed by atoms with E-state index < -0.39 is 11.0 Å². The van der Waals surface area contributed by atoms with Crippen LogP contribution in [0.15, 0.2) is 22.7 Å². The number of benzene rings is 1. The number of rotatable bonds is 4. The second-order valence-electron chi connectivity index (χ2n) is 5.96. The van der Waals surface area contributed by atoms with Gasteiger partial charge in [-0.25, -0.2) is 0 Å². The van der Waals surface area contributed by atoms with Gasteiger partial charge in [-0.05, 0) is 25.1 Å². The van der Waals surface area contributed by atoms with Gasteiger partial charge < -0.3 is 20.9 Å². The van der Waals surface area contributed by atoms with Crippen molar-refractivity contribution < 1.29 is 14.6 Å². The van der Waals surface area contributed by atoms with E-state index in [9.17, 15) is 9.90 Å². The van der Waals surface area contributed by atoms with Crippen LogP contribution in [0.25, 0.3) is 0 Å². The zero-order valence-electron chi connectivity index (χ0n) is 12.9. The molecule has 2 rings (SSSR count). The number of phenols is 1. The molecule has 0 spiro atoms. The smallest absolute Gasteiger partial charge is 0.245 e. The fourth-order valence-electron chi connectivity index (χ4n) is 2.66. The Morgan fingerprint density at radius 3 is 2.73 bits per heavy atom. The first-order valence-electron chi connectivity index (χ1n) is 6.93. The average molecular weight is 394 g/mol. The summed E-state index contributed by atoms with van der Waals surface area (Å²) < 4.78 is 6.38. The summed E-state index contributed by atoms with van der Waals surface area (Å²) >= 11 is 3.31. The summed E-state index contributed by atoms with van der Waals surface area (Å²) in [6.45, 7) is 6.37. The number of hydrogen-bond acceptors (Lipinski definition) is 4. The zero-order chi connectivity index (χ0) is 15.8. The van der Waals surface area contributed by atoms with Crippen LogP contribution in [0.4, 0.5) is 5.69 Å². The summed E-state index contributed by atoms with van der Waals surface area (Å²) in [5, 5.41) is 12.5. The minimum atomic E-state index is -1.01. The van der Waals surface area contributed by atoms with Crippen molar-refractivity contribution in [3.05, 3.63) is 22.7 Å². The SMILES string of the molecule is CCOC1CC(N)(C(=O)Nc2cc(Br)ccc2O)C1(C)C.Cl. The van der Waals surface area contributed by atoms with Gasteiger partial charge in [-0.2, -0.15) is 0 Å². The van der Waals surface area contributed by atoms with Crippen LogP contribution in [0.2, 0.25) is 0 Å². The average Bonchev–Trinajstić information content (AvgIpc) is 2.42. The number of phenolic OH excluding ortho intramolecular Hbond substituents is 1. The largest absolute Gasteiger partial charge is 0.506 e. The Balaban J connectivity index is 0.00000242. The van der Waals surface area contributed by atoms with Crippen molar-refractivity contribution in [2.45, 2.75) is 38.8 Å². The predicted molar refractivity (Wildman–Crippen MR) is 92.4 cm³/mol. The Labute approximate surface area is 145 Å². The highest BCUT2D eigenvalue weighted by molar-refractivity contribution is 9.10. The highest BCUT2D eigenvalue weighted by Gasteiger charge is 2.62. The molecule has 22 heavy (non-hydrogen) atoms. The Hall–Kier alpha value is -0.820. The first kappa shape index (κ1) is 19.2. The molecule has 124 valence electrons. The molecule has 2 unspecified atom stereocenters. The molecule has 0 saturated heterocycles. The Morgan fingerprint density at radius 2 is 2.18 bits per heavy atom. The second-order valence-corrected chi connectivity index (χ2v) is 6.87. The molecule has 0 bridgehead atoms. The van der Waals surface area contributed by atoms with Crippen molar-refractivity contribution >= 4 is 39.9 Å². The van der Waals surface area contributed by atoms with Gasteiger partial charge in [0.05, 0.1) is 11.8 Å². The molecule has 0 aromatic heterocycles. The van der Waals surface area contributed by atoms with Gasteiger partial charge in [-0.15, -0.1) is 12.4 Å². The number of carbonyl (C=O) groups excluding carboxylic acids is 1. The Bertz CT molecular complexity index is 568. The quantitative estimate of drug-likeness (QED) is 0.686. The van der Waals surface area contributed by atoms with Crippen molar-refractivity contribution in [2.75, 3.05) is 11.9 Å². The summed E-state index contributed by atoms with van der Waals surface area (Å²) in [6.07, 6.45) is 0.434. The molecule has 0 radical (unpaired) electrons. The number of hydrogen-bond donors (Lipinski definition) is 3. The van der Waals surface area contributed by atoms with Gasteiger partial charge in [0, 0.05) is 22.9 Å². The van der Waals surface area contributed by atoms with Gasteiger partial charge >= 0.3 is 0 Å². The lowest BCUT2D eigenvalue weighted by molar-refractivity contribution is -0.166. The number of ether oxygens (including phenoxy) is 1. The number of aromatic hydroxyl groups is 1. The van der Waals surface area contributed by atoms with Crippen LogP contribution in [0.5, 0.6) is 5.75 Å². The molecule has 1 aromatic carbocycles. The Kier molecular flexibility index (Phi) is 5.89. The summed E-state index contributed by atoms with van der Waals surface area (Å²) in [7, 11) is 0. The van der Waals surface area contributed by atoms with E-state index in [4.69, 9.17) is 10.5 Å².